The zero-order chi connectivity index (χ0) is 9.03. The SMILES string of the molecule is CCC#CC1(O)CCN(C)CC1. The van der Waals surface area contributed by atoms with Crippen LogP contribution in [0.1, 0.15) is 26.2 Å². The molecule has 68 valence electrons. The first-order valence-electron chi connectivity index (χ1n) is 4.57. The van der Waals surface area contributed by atoms with E-state index in [2.05, 4.69) is 23.8 Å². The molecule has 0 aliphatic carbocycles. The molecule has 1 fully saturated rings. The summed E-state index contributed by atoms with van der Waals surface area (Å²) in [6.07, 6.45) is 2.41. The fourth-order valence-electron chi connectivity index (χ4n) is 1.37. The maximum absolute atomic E-state index is 9.92. The van der Waals surface area contributed by atoms with Crippen LogP contribution in [0.3, 0.4) is 0 Å². The Bertz CT molecular complexity index is 194. The average molecular weight is 167 g/mol. The molecule has 1 aliphatic rings. The van der Waals surface area contributed by atoms with E-state index in [1.54, 1.807) is 0 Å². The highest BCUT2D eigenvalue weighted by molar-refractivity contribution is 5.14. The van der Waals surface area contributed by atoms with Gasteiger partial charge < -0.3 is 10.0 Å². The molecule has 0 aromatic carbocycles. The summed E-state index contributed by atoms with van der Waals surface area (Å²) in [6.45, 7) is 3.91. The molecule has 1 N–H and O–H groups in total. The van der Waals surface area contributed by atoms with Crippen molar-refractivity contribution in [2.75, 3.05) is 20.1 Å². The lowest BCUT2D eigenvalue weighted by Crippen LogP contribution is -2.41. The maximum atomic E-state index is 9.92. The van der Waals surface area contributed by atoms with Crippen LogP contribution in [-0.4, -0.2) is 35.7 Å². The Labute approximate surface area is 74.6 Å². The van der Waals surface area contributed by atoms with Gasteiger partial charge in [-0.15, -0.1) is 5.92 Å². The molecule has 0 bridgehead atoms. The lowest BCUT2D eigenvalue weighted by atomic mass is 9.92. The number of hydrogen-bond acceptors (Lipinski definition) is 2. The van der Waals surface area contributed by atoms with Gasteiger partial charge in [-0.1, -0.05) is 12.8 Å². The molecule has 1 heterocycles. The number of piperidine rings is 1. The first-order valence-corrected chi connectivity index (χ1v) is 4.57. The van der Waals surface area contributed by atoms with Crippen molar-refractivity contribution in [2.45, 2.75) is 31.8 Å². The number of rotatable bonds is 0. The molecule has 12 heavy (non-hydrogen) atoms. The van der Waals surface area contributed by atoms with Crippen LogP contribution in [0.2, 0.25) is 0 Å². The third-order valence-electron chi connectivity index (χ3n) is 2.31. The lowest BCUT2D eigenvalue weighted by molar-refractivity contribution is 0.0349. The van der Waals surface area contributed by atoms with Crippen molar-refractivity contribution < 1.29 is 5.11 Å². The molecule has 1 rings (SSSR count). The monoisotopic (exact) mass is 167 g/mol. The lowest BCUT2D eigenvalue weighted by Gasteiger charge is -2.32. The fourth-order valence-corrected chi connectivity index (χ4v) is 1.37. The van der Waals surface area contributed by atoms with Gasteiger partial charge in [-0.05, 0) is 7.05 Å². The Morgan fingerprint density at radius 1 is 1.42 bits per heavy atom. The van der Waals surface area contributed by atoms with Crippen LogP contribution in [0.25, 0.3) is 0 Å². The van der Waals surface area contributed by atoms with Crippen molar-refractivity contribution in [1.82, 2.24) is 4.90 Å². The van der Waals surface area contributed by atoms with Crippen LogP contribution in [0.5, 0.6) is 0 Å². The summed E-state index contributed by atoms with van der Waals surface area (Å²) in [6, 6.07) is 0. The fraction of sp³-hybridized carbons (Fsp3) is 0.800. The van der Waals surface area contributed by atoms with Gasteiger partial charge in [-0.3, -0.25) is 0 Å². The first kappa shape index (κ1) is 9.57. The van der Waals surface area contributed by atoms with Crippen LogP contribution < -0.4 is 0 Å². The first-order chi connectivity index (χ1) is 5.66. The summed E-state index contributed by atoms with van der Waals surface area (Å²) >= 11 is 0. The second kappa shape index (κ2) is 3.93. The predicted molar refractivity (Wildman–Crippen MR) is 49.7 cm³/mol. The molecule has 2 heteroatoms. The molecule has 0 unspecified atom stereocenters. The molecule has 0 spiro atoms. The topological polar surface area (TPSA) is 23.5 Å². The van der Waals surface area contributed by atoms with E-state index in [4.69, 9.17) is 0 Å². The average Bonchev–Trinajstić information content (AvgIpc) is 2.08. The zero-order valence-electron chi connectivity index (χ0n) is 7.93. The van der Waals surface area contributed by atoms with E-state index in [1.807, 2.05) is 6.92 Å². The number of aliphatic hydroxyl groups is 1. The molecule has 0 radical (unpaired) electrons. The highest BCUT2D eigenvalue weighted by atomic mass is 16.3. The van der Waals surface area contributed by atoms with Crippen LogP contribution in [0.15, 0.2) is 0 Å². The van der Waals surface area contributed by atoms with Crippen molar-refractivity contribution >= 4 is 0 Å². The van der Waals surface area contributed by atoms with Crippen LogP contribution >= 0.6 is 0 Å². The molecule has 1 aliphatic heterocycles. The van der Waals surface area contributed by atoms with Crippen molar-refractivity contribution in [3.8, 4) is 11.8 Å². The predicted octanol–water partition coefficient (Wildman–Crippen LogP) is 0.857. The summed E-state index contributed by atoms with van der Waals surface area (Å²) in [4.78, 5) is 2.22. The summed E-state index contributed by atoms with van der Waals surface area (Å²) in [5, 5.41) is 9.92. The summed E-state index contributed by atoms with van der Waals surface area (Å²) in [5.74, 6) is 5.90. The Hall–Kier alpha value is -0.520. The van der Waals surface area contributed by atoms with E-state index in [1.165, 1.54) is 0 Å². The largest absolute Gasteiger partial charge is 0.378 e. The zero-order valence-corrected chi connectivity index (χ0v) is 7.93. The highest BCUT2D eigenvalue weighted by Gasteiger charge is 2.28. The second-order valence-electron chi connectivity index (χ2n) is 3.49. The Morgan fingerprint density at radius 3 is 2.50 bits per heavy atom. The van der Waals surface area contributed by atoms with Gasteiger partial charge in [-0.2, -0.15) is 0 Å². The minimum atomic E-state index is -0.692. The minimum Gasteiger partial charge on any atom is -0.378 e. The number of hydrogen-bond donors (Lipinski definition) is 1. The Kier molecular flexibility index (Phi) is 3.13. The van der Waals surface area contributed by atoms with E-state index in [9.17, 15) is 5.11 Å². The second-order valence-corrected chi connectivity index (χ2v) is 3.49. The Balaban J connectivity index is 2.50. The van der Waals surface area contributed by atoms with E-state index in [0.29, 0.717) is 0 Å². The summed E-state index contributed by atoms with van der Waals surface area (Å²) < 4.78 is 0. The van der Waals surface area contributed by atoms with Crippen molar-refractivity contribution in [3.63, 3.8) is 0 Å². The third-order valence-corrected chi connectivity index (χ3v) is 2.31. The Morgan fingerprint density at radius 2 is 2.00 bits per heavy atom. The van der Waals surface area contributed by atoms with Gasteiger partial charge in [0.1, 0.15) is 5.60 Å². The maximum Gasteiger partial charge on any atom is 0.127 e. The normalized spacial score (nSPS) is 22.9. The minimum absolute atomic E-state index is 0.692. The summed E-state index contributed by atoms with van der Waals surface area (Å²) in [7, 11) is 2.08. The van der Waals surface area contributed by atoms with Crippen LogP contribution in [0.4, 0.5) is 0 Å². The molecule has 0 amide bonds. The van der Waals surface area contributed by atoms with Gasteiger partial charge in [0.05, 0.1) is 0 Å². The standard InChI is InChI=1S/C10H17NO/c1-3-4-5-10(12)6-8-11(2)9-7-10/h12H,3,6-9H2,1-2H3. The van der Waals surface area contributed by atoms with E-state index < -0.39 is 5.60 Å². The van der Waals surface area contributed by atoms with Crippen LogP contribution in [-0.2, 0) is 0 Å². The van der Waals surface area contributed by atoms with Crippen LogP contribution in [0, 0.1) is 11.8 Å². The molecule has 0 saturated carbocycles. The third kappa shape index (κ3) is 2.51. The molecule has 0 aromatic heterocycles. The van der Waals surface area contributed by atoms with Crippen molar-refractivity contribution in [3.05, 3.63) is 0 Å². The summed E-state index contributed by atoms with van der Waals surface area (Å²) in [5.41, 5.74) is -0.692. The van der Waals surface area contributed by atoms with Gasteiger partial charge in [0.2, 0.25) is 0 Å². The molecule has 2 nitrogen and oxygen atoms in total. The highest BCUT2D eigenvalue weighted by Crippen LogP contribution is 2.19. The number of nitrogens with zero attached hydrogens (tertiary/aromatic N) is 1. The van der Waals surface area contributed by atoms with Gasteiger partial charge in [0.25, 0.3) is 0 Å². The van der Waals surface area contributed by atoms with Gasteiger partial charge in [0, 0.05) is 32.4 Å². The van der Waals surface area contributed by atoms with E-state index in [0.717, 1.165) is 32.4 Å². The molecular weight excluding hydrogens is 150 g/mol. The van der Waals surface area contributed by atoms with Crippen molar-refractivity contribution in [2.24, 2.45) is 0 Å². The molecular formula is C10H17NO. The van der Waals surface area contributed by atoms with Gasteiger partial charge >= 0.3 is 0 Å². The van der Waals surface area contributed by atoms with Crippen molar-refractivity contribution in [1.29, 1.82) is 0 Å². The number of likely N-dealkylation sites (tertiary alicyclic amines) is 1. The smallest absolute Gasteiger partial charge is 0.127 e. The van der Waals surface area contributed by atoms with E-state index in [-0.39, 0.29) is 0 Å². The quantitative estimate of drug-likeness (QED) is 0.541. The molecule has 1 saturated heterocycles. The molecule has 0 atom stereocenters. The van der Waals surface area contributed by atoms with E-state index >= 15 is 0 Å². The van der Waals surface area contributed by atoms with Gasteiger partial charge in [-0.25, -0.2) is 0 Å². The molecule has 0 aromatic rings. The van der Waals surface area contributed by atoms with Gasteiger partial charge in [0.15, 0.2) is 0 Å².